The first kappa shape index (κ1) is 14.9. The van der Waals surface area contributed by atoms with Gasteiger partial charge in [0.25, 0.3) is 5.91 Å². The lowest BCUT2D eigenvalue weighted by molar-refractivity contribution is 0.0946. The van der Waals surface area contributed by atoms with Crippen LogP contribution in [0.15, 0.2) is 23.2 Å². The maximum atomic E-state index is 11.8. The minimum absolute atomic E-state index is 0. The number of aromatic nitrogens is 2. The molecule has 106 valence electrons. The molecule has 2 N–H and O–H groups in total. The molecular weight excluding hydrogens is 296 g/mol. The number of carbonyl (C=O) groups excluding carboxylic acids is 1. The molecule has 0 spiro atoms. The lowest BCUT2D eigenvalue weighted by atomic mass is 10.1. The number of nitrogens with one attached hydrogen (secondary N) is 2. The van der Waals surface area contributed by atoms with Crippen molar-refractivity contribution in [3.63, 3.8) is 0 Å². The van der Waals surface area contributed by atoms with Crippen molar-refractivity contribution in [2.75, 3.05) is 6.54 Å². The minimum atomic E-state index is -0.142. The number of hydrogen-bond donors (Lipinski definition) is 2. The minimum Gasteiger partial charge on any atom is -0.347 e. The SMILES string of the molecule is Cl.O=C(NCc1cnc2c(c1)CNCC2)c1cscn1. The van der Waals surface area contributed by atoms with Crippen molar-refractivity contribution < 1.29 is 4.79 Å². The van der Waals surface area contributed by atoms with Gasteiger partial charge in [-0.15, -0.1) is 23.7 Å². The number of thiazole rings is 1. The lowest BCUT2D eigenvalue weighted by Gasteiger charge is -2.16. The summed E-state index contributed by atoms with van der Waals surface area (Å²) < 4.78 is 0. The molecule has 0 saturated heterocycles. The van der Waals surface area contributed by atoms with Gasteiger partial charge >= 0.3 is 0 Å². The van der Waals surface area contributed by atoms with Gasteiger partial charge in [-0.1, -0.05) is 0 Å². The molecule has 1 aliphatic heterocycles. The molecule has 0 unspecified atom stereocenters. The molecule has 1 amide bonds. The predicted molar refractivity (Wildman–Crippen MR) is 80.2 cm³/mol. The molecule has 0 aromatic carbocycles. The number of carbonyl (C=O) groups is 1. The number of nitrogens with zero attached hydrogens (tertiary/aromatic N) is 2. The summed E-state index contributed by atoms with van der Waals surface area (Å²) in [6.07, 6.45) is 2.81. The highest BCUT2D eigenvalue weighted by atomic mass is 35.5. The van der Waals surface area contributed by atoms with Crippen molar-refractivity contribution in [2.45, 2.75) is 19.5 Å². The third kappa shape index (κ3) is 3.33. The third-order valence-corrected chi connectivity index (χ3v) is 3.68. The molecule has 2 aromatic rings. The molecule has 0 saturated carbocycles. The van der Waals surface area contributed by atoms with Gasteiger partial charge in [-0.25, -0.2) is 4.98 Å². The standard InChI is InChI=1S/C13H14N4OS.ClH/c18-13(12-7-19-8-17-12)16-5-9-3-10-6-14-2-1-11(10)15-4-9;/h3-4,7-8,14H,1-2,5-6H2,(H,16,18);1H. The van der Waals surface area contributed by atoms with Gasteiger partial charge in [0, 0.05) is 43.3 Å². The smallest absolute Gasteiger partial charge is 0.271 e. The first-order valence-electron chi connectivity index (χ1n) is 6.17. The van der Waals surface area contributed by atoms with E-state index >= 15 is 0 Å². The van der Waals surface area contributed by atoms with E-state index in [0.29, 0.717) is 12.2 Å². The van der Waals surface area contributed by atoms with Crippen LogP contribution in [-0.2, 0) is 19.5 Å². The van der Waals surface area contributed by atoms with Crippen LogP contribution in [0.25, 0.3) is 0 Å². The van der Waals surface area contributed by atoms with Gasteiger partial charge < -0.3 is 10.6 Å². The Balaban J connectivity index is 0.00000147. The number of rotatable bonds is 3. The van der Waals surface area contributed by atoms with E-state index in [1.807, 2.05) is 6.20 Å². The van der Waals surface area contributed by atoms with Gasteiger partial charge in [-0.05, 0) is 17.2 Å². The summed E-state index contributed by atoms with van der Waals surface area (Å²) in [5, 5.41) is 7.91. The molecule has 0 atom stereocenters. The average molecular weight is 311 g/mol. The maximum Gasteiger partial charge on any atom is 0.271 e. The molecule has 7 heteroatoms. The van der Waals surface area contributed by atoms with Crippen LogP contribution >= 0.6 is 23.7 Å². The summed E-state index contributed by atoms with van der Waals surface area (Å²) >= 11 is 1.42. The second-order valence-electron chi connectivity index (χ2n) is 4.43. The Bertz CT molecular complexity index is 588. The van der Waals surface area contributed by atoms with Crippen molar-refractivity contribution in [3.05, 3.63) is 45.7 Å². The fourth-order valence-electron chi connectivity index (χ4n) is 2.09. The fraction of sp³-hybridized carbons (Fsp3) is 0.308. The maximum absolute atomic E-state index is 11.8. The number of hydrogen-bond acceptors (Lipinski definition) is 5. The van der Waals surface area contributed by atoms with Crippen LogP contribution in [0.3, 0.4) is 0 Å². The normalized spacial score (nSPS) is 13.2. The first-order valence-corrected chi connectivity index (χ1v) is 7.11. The van der Waals surface area contributed by atoms with Gasteiger partial charge in [-0.3, -0.25) is 9.78 Å². The largest absolute Gasteiger partial charge is 0.347 e. The van der Waals surface area contributed by atoms with Crippen molar-refractivity contribution >= 4 is 29.7 Å². The number of halogens is 1. The van der Waals surface area contributed by atoms with E-state index in [0.717, 1.165) is 30.8 Å². The van der Waals surface area contributed by atoms with Crippen molar-refractivity contribution in [2.24, 2.45) is 0 Å². The zero-order chi connectivity index (χ0) is 13.1. The number of amides is 1. The van der Waals surface area contributed by atoms with Crippen molar-refractivity contribution in [1.29, 1.82) is 0 Å². The van der Waals surface area contributed by atoms with E-state index in [1.165, 1.54) is 16.9 Å². The summed E-state index contributed by atoms with van der Waals surface area (Å²) in [6, 6.07) is 2.11. The van der Waals surface area contributed by atoms with Crippen LogP contribution in [-0.4, -0.2) is 22.4 Å². The molecule has 0 bridgehead atoms. The molecule has 1 aliphatic rings. The zero-order valence-corrected chi connectivity index (χ0v) is 12.4. The molecule has 0 aliphatic carbocycles. The second-order valence-corrected chi connectivity index (χ2v) is 5.15. The summed E-state index contributed by atoms with van der Waals surface area (Å²) in [6.45, 7) is 2.33. The van der Waals surface area contributed by atoms with E-state index in [1.54, 1.807) is 10.9 Å². The molecule has 3 heterocycles. The van der Waals surface area contributed by atoms with E-state index in [9.17, 15) is 4.79 Å². The topological polar surface area (TPSA) is 66.9 Å². The van der Waals surface area contributed by atoms with Gasteiger partial charge in [0.2, 0.25) is 0 Å². The molecule has 0 fully saturated rings. The third-order valence-electron chi connectivity index (χ3n) is 3.09. The van der Waals surface area contributed by atoms with Crippen LogP contribution in [0.4, 0.5) is 0 Å². The average Bonchev–Trinajstić information content (AvgIpc) is 2.99. The monoisotopic (exact) mass is 310 g/mol. The summed E-state index contributed by atoms with van der Waals surface area (Å²) in [5.74, 6) is -0.142. The Kier molecular flexibility index (Phi) is 5.05. The van der Waals surface area contributed by atoms with Crippen molar-refractivity contribution in [1.82, 2.24) is 20.6 Å². The van der Waals surface area contributed by atoms with Crippen molar-refractivity contribution in [3.8, 4) is 0 Å². The number of fused-ring (bicyclic) bond motifs is 1. The highest BCUT2D eigenvalue weighted by Gasteiger charge is 2.11. The Labute approximate surface area is 127 Å². The molecule has 5 nitrogen and oxygen atoms in total. The van der Waals surface area contributed by atoms with E-state index in [-0.39, 0.29) is 18.3 Å². The fourth-order valence-corrected chi connectivity index (χ4v) is 2.62. The Hall–Kier alpha value is -1.50. The quantitative estimate of drug-likeness (QED) is 0.902. The number of pyridine rings is 1. The van der Waals surface area contributed by atoms with Gasteiger partial charge in [0.1, 0.15) is 5.69 Å². The van der Waals surface area contributed by atoms with Crippen LogP contribution in [0, 0.1) is 0 Å². The first-order chi connectivity index (χ1) is 9.33. The second kappa shape index (κ2) is 6.78. The molecular formula is C13H15ClN4OS. The molecule has 20 heavy (non-hydrogen) atoms. The van der Waals surface area contributed by atoms with Gasteiger partial charge in [0.15, 0.2) is 0 Å². The van der Waals surface area contributed by atoms with Gasteiger partial charge in [0.05, 0.1) is 5.51 Å². The van der Waals surface area contributed by atoms with E-state index in [2.05, 4.69) is 26.7 Å². The van der Waals surface area contributed by atoms with E-state index < -0.39 is 0 Å². The highest BCUT2D eigenvalue weighted by molar-refractivity contribution is 7.07. The van der Waals surface area contributed by atoms with E-state index in [4.69, 9.17) is 0 Å². The molecule has 0 radical (unpaired) electrons. The predicted octanol–water partition coefficient (Wildman–Crippen LogP) is 1.54. The van der Waals surface area contributed by atoms with Crippen LogP contribution in [0.1, 0.15) is 27.3 Å². The lowest BCUT2D eigenvalue weighted by Crippen LogP contribution is -2.26. The molecule has 3 rings (SSSR count). The highest BCUT2D eigenvalue weighted by Crippen LogP contribution is 2.13. The summed E-state index contributed by atoms with van der Waals surface area (Å²) in [7, 11) is 0. The van der Waals surface area contributed by atoms with Gasteiger partial charge in [-0.2, -0.15) is 0 Å². The zero-order valence-electron chi connectivity index (χ0n) is 10.8. The molecule has 2 aromatic heterocycles. The Morgan fingerprint density at radius 2 is 2.35 bits per heavy atom. The van der Waals surface area contributed by atoms with Crippen LogP contribution < -0.4 is 10.6 Å². The Morgan fingerprint density at radius 3 is 3.15 bits per heavy atom. The summed E-state index contributed by atoms with van der Waals surface area (Å²) in [5.41, 5.74) is 5.53. The Morgan fingerprint density at radius 1 is 1.45 bits per heavy atom. The van der Waals surface area contributed by atoms with Crippen LogP contribution in [0.5, 0.6) is 0 Å². The van der Waals surface area contributed by atoms with Crippen LogP contribution in [0.2, 0.25) is 0 Å². The summed E-state index contributed by atoms with van der Waals surface area (Å²) in [4.78, 5) is 20.2.